The first kappa shape index (κ1) is 17.7. The van der Waals surface area contributed by atoms with E-state index >= 15 is 0 Å². The third kappa shape index (κ3) is 3.47. The molecule has 0 N–H and O–H groups in total. The molecule has 0 aliphatic carbocycles. The minimum Gasteiger partial charge on any atom is -0.472 e. The first-order valence-corrected chi connectivity index (χ1v) is 9.97. The van der Waals surface area contributed by atoms with Crippen LogP contribution >= 0.6 is 11.3 Å². The van der Waals surface area contributed by atoms with Crippen LogP contribution in [0.4, 0.5) is 5.13 Å². The Kier molecular flexibility index (Phi) is 4.94. The van der Waals surface area contributed by atoms with E-state index in [0.717, 1.165) is 28.2 Å². The van der Waals surface area contributed by atoms with Gasteiger partial charge in [-0.05, 0) is 38.0 Å². The van der Waals surface area contributed by atoms with Gasteiger partial charge in [0.25, 0.3) is 5.91 Å². The van der Waals surface area contributed by atoms with E-state index in [2.05, 4.69) is 4.98 Å². The molecule has 3 aromatic rings. The van der Waals surface area contributed by atoms with Crippen LogP contribution in [0.2, 0.25) is 0 Å². The third-order valence-electron chi connectivity index (χ3n) is 4.92. The normalized spacial score (nSPS) is 17.2. The third-order valence-corrected chi connectivity index (χ3v) is 5.98. The summed E-state index contributed by atoms with van der Waals surface area (Å²) in [6.07, 6.45) is 4.55. The highest BCUT2D eigenvalue weighted by atomic mass is 32.1. The summed E-state index contributed by atoms with van der Waals surface area (Å²) in [4.78, 5) is 33.9. The predicted molar refractivity (Wildman–Crippen MR) is 105 cm³/mol. The van der Waals surface area contributed by atoms with Crippen LogP contribution < -0.4 is 4.90 Å². The first-order chi connectivity index (χ1) is 13.2. The minimum absolute atomic E-state index is 0.0428. The van der Waals surface area contributed by atoms with Gasteiger partial charge in [-0.3, -0.25) is 14.5 Å². The summed E-state index contributed by atoms with van der Waals surface area (Å²) in [5.41, 5.74) is 1.44. The second-order valence-electron chi connectivity index (χ2n) is 6.65. The lowest BCUT2D eigenvalue weighted by Crippen LogP contribution is -2.46. The van der Waals surface area contributed by atoms with Crippen molar-refractivity contribution in [1.82, 2.24) is 9.88 Å². The van der Waals surface area contributed by atoms with Crippen molar-refractivity contribution >= 4 is 38.5 Å². The summed E-state index contributed by atoms with van der Waals surface area (Å²) in [6.45, 7) is 3.62. The van der Waals surface area contributed by atoms with Crippen LogP contribution in [0.1, 0.15) is 30.1 Å². The number of fused-ring (bicyclic) bond motifs is 1. The van der Waals surface area contributed by atoms with Crippen LogP contribution in [-0.4, -0.2) is 41.3 Å². The maximum absolute atomic E-state index is 13.2. The Bertz CT molecular complexity index is 917. The lowest BCUT2D eigenvalue weighted by molar-refractivity contribution is -0.123. The Balaban J connectivity index is 1.52. The van der Waals surface area contributed by atoms with E-state index < -0.39 is 0 Å². The molecule has 6 nitrogen and oxygen atoms in total. The molecule has 1 unspecified atom stereocenters. The average Bonchev–Trinajstić information content (AvgIpc) is 3.38. The van der Waals surface area contributed by atoms with Crippen molar-refractivity contribution in [2.24, 2.45) is 5.92 Å². The smallest absolute Gasteiger partial charge is 0.257 e. The fraction of sp³-hybridized carbons (Fsp3) is 0.350. The van der Waals surface area contributed by atoms with Gasteiger partial charge in [-0.15, -0.1) is 0 Å². The number of hydrogen-bond acceptors (Lipinski definition) is 5. The van der Waals surface area contributed by atoms with Gasteiger partial charge in [-0.1, -0.05) is 23.5 Å². The van der Waals surface area contributed by atoms with E-state index in [1.165, 1.54) is 23.9 Å². The summed E-state index contributed by atoms with van der Waals surface area (Å²) in [5, 5.41) is 0.724. The number of carbonyl (C=O) groups excluding carboxylic acids is 2. The van der Waals surface area contributed by atoms with Crippen LogP contribution in [0.5, 0.6) is 0 Å². The highest BCUT2D eigenvalue weighted by Gasteiger charge is 2.32. The number of para-hydroxylation sites is 1. The molecule has 1 aromatic carbocycles. The van der Waals surface area contributed by atoms with Crippen molar-refractivity contribution in [1.29, 1.82) is 0 Å². The topological polar surface area (TPSA) is 66.7 Å². The number of benzene rings is 1. The summed E-state index contributed by atoms with van der Waals surface area (Å²) >= 11 is 1.53. The molecule has 0 radical (unpaired) electrons. The molecule has 1 saturated heterocycles. The van der Waals surface area contributed by atoms with Gasteiger partial charge >= 0.3 is 0 Å². The van der Waals surface area contributed by atoms with Gasteiger partial charge < -0.3 is 9.32 Å². The number of amides is 2. The number of furan rings is 1. The quantitative estimate of drug-likeness (QED) is 0.687. The van der Waals surface area contributed by atoms with Crippen LogP contribution in [0.3, 0.4) is 0 Å². The number of anilines is 1. The highest BCUT2D eigenvalue weighted by Crippen LogP contribution is 2.30. The van der Waals surface area contributed by atoms with E-state index in [9.17, 15) is 9.59 Å². The molecule has 1 fully saturated rings. The van der Waals surface area contributed by atoms with Gasteiger partial charge in [0.2, 0.25) is 5.91 Å². The molecule has 3 heterocycles. The van der Waals surface area contributed by atoms with Crippen molar-refractivity contribution in [2.75, 3.05) is 24.5 Å². The lowest BCUT2D eigenvalue weighted by atomic mass is 9.96. The van der Waals surface area contributed by atoms with Crippen LogP contribution in [0.15, 0.2) is 47.3 Å². The molecule has 2 aromatic heterocycles. The molecule has 140 valence electrons. The standard InChI is InChI=1S/C20H21N3O3S/c1-2-23(20-21-16-7-3-4-8-17(16)27-20)19(25)14-6-5-10-22(12-14)18(24)15-9-11-26-13-15/h3-4,7-9,11,13-14H,2,5-6,10,12H2,1H3. The molecule has 0 spiro atoms. The number of rotatable bonds is 4. The zero-order chi connectivity index (χ0) is 18.8. The van der Waals surface area contributed by atoms with E-state index in [4.69, 9.17) is 4.42 Å². The van der Waals surface area contributed by atoms with Crippen molar-refractivity contribution in [3.8, 4) is 0 Å². The molecular weight excluding hydrogens is 362 g/mol. The molecule has 1 aliphatic heterocycles. The van der Waals surface area contributed by atoms with Gasteiger partial charge in [0, 0.05) is 19.6 Å². The van der Waals surface area contributed by atoms with Gasteiger partial charge in [-0.25, -0.2) is 4.98 Å². The molecule has 1 atom stereocenters. The molecule has 0 saturated carbocycles. The Morgan fingerprint density at radius 3 is 2.93 bits per heavy atom. The number of thiazole rings is 1. The zero-order valence-corrected chi connectivity index (χ0v) is 15.9. The minimum atomic E-state index is -0.207. The van der Waals surface area contributed by atoms with Crippen molar-refractivity contribution in [3.05, 3.63) is 48.4 Å². The molecule has 1 aliphatic rings. The average molecular weight is 383 g/mol. The van der Waals surface area contributed by atoms with Gasteiger partial charge in [-0.2, -0.15) is 0 Å². The number of hydrogen-bond donors (Lipinski definition) is 0. The fourth-order valence-electron chi connectivity index (χ4n) is 3.51. The second-order valence-corrected chi connectivity index (χ2v) is 7.66. The van der Waals surface area contributed by atoms with Crippen LogP contribution in [0.25, 0.3) is 10.2 Å². The van der Waals surface area contributed by atoms with Crippen molar-refractivity contribution < 1.29 is 14.0 Å². The Morgan fingerprint density at radius 2 is 2.19 bits per heavy atom. The van der Waals surface area contributed by atoms with E-state index in [1.807, 2.05) is 31.2 Å². The highest BCUT2D eigenvalue weighted by molar-refractivity contribution is 7.22. The Hall–Kier alpha value is -2.67. The molecule has 0 bridgehead atoms. The van der Waals surface area contributed by atoms with Gasteiger partial charge in [0.05, 0.1) is 28.0 Å². The van der Waals surface area contributed by atoms with E-state index in [-0.39, 0.29) is 17.7 Å². The molecule has 2 amide bonds. The predicted octanol–water partition coefficient (Wildman–Crippen LogP) is 3.79. The van der Waals surface area contributed by atoms with Gasteiger partial charge in [0.15, 0.2) is 5.13 Å². The second kappa shape index (κ2) is 7.52. The summed E-state index contributed by atoms with van der Waals surface area (Å²) in [5.74, 6) is -0.243. The molecule has 27 heavy (non-hydrogen) atoms. The Morgan fingerprint density at radius 1 is 1.33 bits per heavy atom. The van der Waals surface area contributed by atoms with Crippen molar-refractivity contribution in [3.63, 3.8) is 0 Å². The summed E-state index contributed by atoms with van der Waals surface area (Å²) < 4.78 is 6.08. The van der Waals surface area contributed by atoms with Crippen LogP contribution in [-0.2, 0) is 4.79 Å². The number of nitrogens with zero attached hydrogens (tertiary/aromatic N) is 3. The SMILES string of the molecule is CCN(C(=O)C1CCCN(C(=O)c2ccoc2)C1)c1nc2ccccc2s1. The largest absolute Gasteiger partial charge is 0.472 e. The first-order valence-electron chi connectivity index (χ1n) is 9.15. The molecule has 4 rings (SSSR count). The molecular formula is C20H21N3O3S. The molecule has 7 heteroatoms. The monoisotopic (exact) mass is 383 g/mol. The number of carbonyl (C=O) groups is 2. The Labute approximate surface area is 161 Å². The number of piperidine rings is 1. The summed E-state index contributed by atoms with van der Waals surface area (Å²) in [7, 11) is 0. The van der Waals surface area contributed by atoms with Crippen LogP contribution in [0, 0.1) is 5.92 Å². The van der Waals surface area contributed by atoms with Gasteiger partial charge in [0.1, 0.15) is 6.26 Å². The number of likely N-dealkylation sites (tertiary alicyclic amines) is 1. The van der Waals surface area contributed by atoms with E-state index in [1.54, 1.807) is 15.9 Å². The van der Waals surface area contributed by atoms with Crippen molar-refractivity contribution in [2.45, 2.75) is 19.8 Å². The summed E-state index contributed by atoms with van der Waals surface area (Å²) in [6, 6.07) is 9.56. The maximum atomic E-state index is 13.2. The van der Waals surface area contributed by atoms with E-state index in [0.29, 0.717) is 25.2 Å². The maximum Gasteiger partial charge on any atom is 0.257 e. The fourth-order valence-corrected chi connectivity index (χ4v) is 4.55. The number of aromatic nitrogens is 1. The zero-order valence-electron chi connectivity index (χ0n) is 15.1. The lowest BCUT2D eigenvalue weighted by Gasteiger charge is -2.34.